The van der Waals surface area contributed by atoms with Gasteiger partial charge in [0, 0.05) is 5.69 Å². The molecule has 0 aromatic heterocycles. The first kappa shape index (κ1) is 15.0. The van der Waals surface area contributed by atoms with Crippen LogP contribution in [0.15, 0.2) is 36.4 Å². The predicted octanol–water partition coefficient (Wildman–Crippen LogP) is 3.98. The van der Waals surface area contributed by atoms with E-state index >= 15 is 0 Å². The second-order valence-electron chi connectivity index (χ2n) is 4.99. The van der Waals surface area contributed by atoms with Crippen molar-refractivity contribution in [2.75, 3.05) is 11.9 Å². The first-order valence-corrected chi connectivity index (χ1v) is 7.03. The van der Waals surface area contributed by atoms with Crippen LogP contribution in [0, 0.1) is 6.92 Å². The van der Waals surface area contributed by atoms with Crippen molar-refractivity contribution in [3.63, 3.8) is 0 Å². The van der Waals surface area contributed by atoms with Gasteiger partial charge in [-0.2, -0.15) is 0 Å². The number of hydrogen-bond donors (Lipinski definition) is 3. The van der Waals surface area contributed by atoms with Gasteiger partial charge < -0.3 is 20.3 Å². The molecule has 0 saturated carbocycles. The third-order valence-corrected chi connectivity index (χ3v) is 3.37. The topological polar surface area (TPSA) is 61.7 Å². The Balaban J connectivity index is 2.21. The van der Waals surface area contributed by atoms with Gasteiger partial charge in [0.05, 0.1) is 18.2 Å². The van der Waals surface area contributed by atoms with E-state index in [0.717, 1.165) is 17.0 Å². The molecule has 0 saturated heterocycles. The monoisotopic (exact) mass is 287 g/mol. The summed E-state index contributed by atoms with van der Waals surface area (Å²) in [4.78, 5) is 0. The second kappa shape index (κ2) is 6.39. The summed E-state index contributed by atoms with van der Waals surface area (Å²) in [6.45, 7) is 6.46. The Bertz CT molecular complexity index is 605. The third-order valence-electron chi connectivity index (χ3n) is 3.37. The van der Waals surface area contributed by atoms with E-state index in [0.29, 0.717) is 12.2 Å². The minimum Gasteiger partial charge on any atom is -0.507 e. The summed E-state index contributed by atoms with van der Waals surface area (Å²) >= 11 is 0. The molecular formula is C17H21NO3. The van der Waals surface area contributed by atoms with Crippen LogP contribution in [0.25, 0.3) is 0 Å². The largest absolute Gasteiger partial charge is 0.507 e. The number of anilines is 1. The Kier molecular flexibility index (Phi) is 4.58. The van der Waals surface area contributed by atoms with Crippen molar-refractivity contribution in [3.05, 3.63) is 47.5 Å². The number of benzene rings is 2. The van der Waals surface area contributed by atoms with Gasteiger partial charge in [0.25, 0.3) is 0 Å². The lowest BCUT2D eigenvalue weighted by Gasteiger charge is -2.19. The Morgan fingerprint density at radius 2 is 1.81 bits per heavy atom. The average Bonchev–Trinajstić information content (AvgIpc) is 2.42. The number of nitrogens with one attached hydrogen (secondary N) is 1. The van der Waals surface area contributed by atoms with E-state index in [1.807, 2.05) is 39.0 Å². The Morgan fingerprint density at radius 1 is 1.14 bits per heavy atom. The number of hydrogen-bond acceptors (Lipinski definition) is 4. The van der Waals surface area contributed by atoms with E-state index in [-0.39, 0.29) is 17.5 Å². The molecule has 112 valence electrons. The van der Waals surface area contributed by atoms with Gasteiger partial charge in [0.1, 0.15) is 17.2 Å². The van der Waals surface area contributed by atoms with Crippen LogP contribution in [0.5, 0.6) is 17.2 Å². The van der Waals surface area contributed by atoms with Gasteiger partial charge in [-0.3, -0.25) is 0 Å². The van der Waals surface area contributed by atoms with Crippen molar-refractivity contribution in [2.24, 2.45) is 0 Å². The fourth-order valence-corrected chi connectivity index (χ4v) is 2.34. The fourth-order valence-electron chi connectivity index (χ4n) is 2.34. The minimum absolute atomic E-state index is 0.0820. The molecule has 0 aliphatic carbocycles. The van der Waals surface area contributed by atoms with Crippen molar-refractivity contribution in [1.29, 1.82) is 0 Å². The smallest absolute Gasteiger partial charge is 0.124 e. The number of rotatable bonds is 5. The zero-order chi connectivity index (χ0) is 15.4. The highest BCUT2D eigenvalue weighted by molar-refractivity contribution is 5.57. The van der Waals surface area contributed by atoms with E-state index in [9.17, 15) is 10.2 Å². The SMILES string of the molecule is CCOc1ccc(NC(C)c2c(O)cccc2O)c(C)c1. The highest BCUT2D eigenvalue weighted by Crippen LogP contribution is 2.35. The average molecular weight is 287 g/mol. The second-order valence-corrected chi connectivity index (χ2v) is 4.99. The molecule has 3 N–H and O–H groups in total. The van der Waals surface area contributed by atoms with Crippen LogP contribution in [-0.2, 0) is 0 Å². The fraction of sp³-hybridized carbons (Fsp3) is 0.294. The van der Waals surface area contributed by atoms with Crippen molar-refractivity contribution in [2.45, 2.75) is 26.8 Å². The van der Waals surface area contributed by atoms with Gasteiger partial charge in [-0.25, -0.2) is 0 Å². The number of ether oxygens (including phenoxy) is 1. The molecule has 0 aliphatic rings. The summed E-state index contributed by atoms with van der Waals surface area (Å²) in [5.41, 5.74) is 2.47. The summed E-state index contributed by atoms with van der Waals surface area (Å²) in [6, 6.07) is 10.3. The van der Waals surface area contributed by atoms with Crippen molar-refractivity contribution < 1.29 is 14.9 Å². The molecule has 1 atom stereocenters. The number of phenols is 2. The minimum atomic E-state index is -0.220. The molecule has 0 amide bonds. The molecule has 0 spiro atoms. The highest BCUT2D eigenvalue weighted by atomic mass is 16.5. The predicted molar refractivity (Wildman–Crippen MR) is 84.2 cm³/mol. The van der Waals surface area contributed by atoms with Gasteiger partial charge in [-0.1, -0.05) is 6.07 Å². The molecule has 2 rings (SSSR count). The van der Waals surface area contributed by atoms with Crippen LogP contribution in [0.3, 0.4) is 0 Å². The van der Waals surface area contributed by atoms with Gasteiger partial charge >= 0.3 is 0 Å². The quantitative estimate of drug-likeness (QED) is 0.778. The maximum absolute atomic E-state index is 9.90. The molecule has 2 aromatic carbocycles. The van der Waals surface area contributed by atoms with Crippen LogP contribution in [0.4, 0.5) is 5.69 Å². The molecule has 0 heterocycles. The maximum atomic E-state index is 9.90. The van der Waals surface area contributed by atoms with Crippen LogP contribution < -0.4 is 10.1 Å². The van der Waals surface area contributed by atoms with Crippen LogP contribution in [0.2, 0.25) is 0 Å². The summed E-state index contributed by atoms with van der Waals surface area (Å²) < 4.78 is 5.46. The lowest BCUT2D eigenvalue weighted by atomic mass is 10.0. The Hall–Kier alpha value is -2.36. The molecule has 0 bridgehead atoms. The van der Waals surface area contributed by atoms with Gasteiger partial charge in [0.2, 0.25) is 0 Å². The maximum Gasteiger partial charge on any atom is 0.124 e. The van der Waals surface area contributed by atoms with Crippen LogP contribution in [0.1, 0.15) is 31.0 Å². The van der Waals surface area contributed by atoms with E-state index < -0.39 is 0 Å². The summed E-state index contributed by atoms with van der Waals surface area (Å²) in [6.07, 6.45) is 0. The van der Waals surface area contributed by atoms with Gasteiger partial charge in [-0.15, -0.1) is 0 Å². The molecule has 0 aliphatic heterocycles. The molecule has 4 heteroatoms. The first-order valence-electron chi connectivity index (χ1n) is 7.03. The molecule has 2 aromatic rings. The van der Waals surface area contributed by atoms with Crippen molar-refractivity contribution in [1.82, 2.24) is 0 Å². The van der Waals surface area contributed by atoms with Crippen molar-refractivity contribution >= 4 is 5.69 Å². The highest BCUT2D eigenvalue weighted by Gasteiger charge is 2.15. The van der Waals surface area contributed by atoms with E-state index in [1.165, 1.54) is 0 Å². The molecular weight excluding hydrogens is 266 g/mol. The van der Waals surface area contributed by atoms with Crippen LogP contribution in [-0.4, -0.2) is 16.8 Å². The van der Waals surface area contributed by atoms with Gasteiger partial charge in [0.15, 0.2) is 0 Å². The van der Waals surface area contributed by atoms with E-state index in [4.69, 9.17) is 4.74 Å². The van der Waals surface area contributed by atoms with Gasteiger partial charge in [-0.05, 0) is 56.7 Å². The summed E-state index contributed by atoms with van der Waals surface area (Å²) in [5, 5.41) is 23.1. The van der Waals surface area contributed by atoms with E-state index in [1.54, 1.807) is 18.2 Å². The molecule has 0 fully saturated rings. The van der Waals surface area contributed by atoms with E-state index in [2.05, 4.69) is 5.32 Å². The van der Waals surface area contributed by atoms with Crippen molar-refractivity contribution in [3.8, 4) is 17.2 Å². The first-order chi connectivity index (χ1) is 10.0. The molecule has 0 radical (unpaired) electrons. The number of aromatic hydroxyl groups is 2. The normalized spacial score (nSPS) is 12.0. The molecule has 4 nitrogen and oxygen atoms in total. The lowest BCUT2D eigenvalue weighted by Crippen LogP contribution is -2.08. The zero-order valence-corrected chi connectivity index (χ0v) is 12.6. The summed E-state index contributed by atoms with van der Waals surface area (Å²) in [5.74, 6) is 0.996. The molecule has 1 unspecified atom stereocenters. The standard InChI is InChI=1S/C17H21NO3/c1-4-21-13-8-9-14(11(2)10-13)18-12(3)17-15(19)6-5-7-16(17)20/h5-10,12,18-20H,4H2,1-3H3. The number of aryl methyl sites for hydroxylation is 1. The number of phenolic OH excluding ortho intramolecular Hbond substituents is 2. The zero-order valence-electron chi connectivity index (χ0n) is 12.6. The Labute approximate surface area is 125 Å². The molecule has 21 heavy (non-hydrogen) atoms. The Morgan fingerprint density at radius 3 is 2.38 bits per heavy atom. The lowest BCUT2D eigenvalue weighted by molar-refractivity contribution is 0.340. The third kappa shape index (κ3) is 3.40. The van der Waals surface area contributed by atoms with Crippen LogP contribution >= 0.6 is 0 Å². The summed E-state index contributed by atoms with van der Waals surface area (Å²) in [7, 11) is 0.